The number of hydrogen-bond acceptors (Lipinski definition) is 5. The molecule has 0 aromatic carbocycles. The Morgan fingerprint density at radius 2 is 2.33 bits per heavy atom. The van der Waals surface area contributed by atoms with Crippen molar-refractivity contribution in [3.05, 3.63) is 10.6 Å². The van der Waals surface area contributed by atoms with E-state index in [1.807, 2.05) is 20.9 Å². The normalized spacial score (nSPS) is 10.1. The van der Waals surface area contributed by atoms with Crippen LogP contribution in [0.5, 0.6) is 0 Å². The van der Waals surface area contributed by atoms with Crippen molar-refractivity contribution in [3.8, 4) is 0 Å². The average molecular weight is 228 g/mol. The van der Waals surface area contributed by atoms with Gasteiger partial charge in [-0.1, -0.05) is 0 Å². The molecule has 0 unspecified atom stereocenters. The Hall–Kier alpha value is -1.10. The summed E-state index contributed by atoms with van der Waals surface area (Å²) in [6.45, 7) is 4.22. The first-order valence-corrected chi connectivity index (χ1v) is 5.78. The van der Waals surface area contributed by atoms with Crippen LogP contribution in [0.15, 0.2) is 0 Å². The van der Waals surface area contributed by atoms with Gasteiger partial charge < -0.3 is 10.1 Å². The number of rotatable bonds is 5. The highest BCUT2D eigenvalue weighted by molar-refractivity contribution is 7.15. The number of carbonyl (C=O) groups excluding carboxylic acids is 1. The van der Waals surface area contributed by atoms with E-state index >= 15 is 0 Å². The molecule has 0 aliphatic rings. The topological polar surface area (TPSA) is 51.2 Å². The quantitative estimate of drug-likeness (QED) is 0.783. The van der Waals surface area contributed by atoms with Gasteiger partial charge in [0, 0.05) is 11.9 Å². The van der Waals surface area contributed by atoms with Gasteiger partial charge in [0.05, 0.1) is 18.7 Å². The Morgan fingerprint density at radius 1 is 1.60 bits per heavy atom. The first-order chi connectivity index (χ1) is 7.17. The summed E-state index contributed by atoms with van der Waals surface area (Å²) in [5.41, 5.74) is 0.994. The Kier molecular flexibility index (Phi) is 4.55. The summed E-state index contributed by atoms with van der Waals surface area (Å²) >= 11 is 1.59. The molecule has 0 radical (unpaired) electrons. The lowest BCUT2D eigenvalue weighted by molar-refractivity contribution is -0.143. The molecule has 1 aromatic heterocycles. The summed E-state index contributed by atoms with van der Waals surface area (Å²) in [6, 6.07) is 0. The van der Waals surface area contributed by atoms with Gasteiger partial charge in [-0.2, -0.15) is 0 Å². The smallest absolute Gasteiger partial charge is 0.306 e. The van der Waals surface area contributed by atoms with Gasteiger partial charge in [-0.25, -0.2) is 4.98 Å². The number of nitrogens with one attached hydrogen (secondary N) is 1. The van der Waals surface area contributed by atoms with Crippen LogP contribution in [0.2, 0.25) is 0 Å². The van der Waals surface area contributed by atoms with Crippen LogP contribution >= 0.6 is 11.3 Å². The number of aromatic nitrogens is 1. The molecule has 1 heterocycles. The molecule has 0 aliphatic heterocycles. The summed E-state index contributed by atoms with van der Waals surface area (Å²) in [5.74, 6) is -0.142. The predicted molar refractivity (Wildman–Crippen MR) is 61.4 cm³/mol. The van der Waals surface area contributed by atoms with E-state index in [0.717, 1.165) is 15.7 Å². The lowest BCUT2D eigenvalue weighted by Crippen LogP contribution is -2.04. The third kappa shape index (κ3) is 3.51. The standard InChI is InChI=1S/C10H16N2O2S/c1-4-14-9(13)6-5-8-7(2)12-10(11-3)15-8/h4-6H2,1-3H3,(H,11,12). The fourth-order valence-corrected chi connectivity index (χ4v) is 2.13. The molecule has 0 saturated carbocycles. The van der Waals surface area contributed by atoms with E-state index in [4.69, 9.17) is 4.74 Å². The molecule has 0 fully saturated rings. The van der Waals surface area contributed by atoms with Gasteiger partial charge in [-0.05, 0) is 20.3 Å². The zero-order valence-electron chi connectivity index (χ0n) is 9.29. The third-order valence-electron chi connectivity index (χ3n) is 1.97. The lowest BCUT2D eigenvalue weighted by Gasteiger charge is -2.00. The van der Waals surface area contributed by atoms with Crippen molar-refractivity contribution in [2.75, 3.05) is 19.0 Å². The number of anilines is 1. The number of aryl methyl sites for hydroxylation is 2. The van der Waals surface area contributed by atoms with Crippen LogP contribution in [0.1, 0.15) is 23.9 Å². The molecule has 5 heteroatoms. The summed E-state index contributed by atoms with van der Waals surface area (Å²) < 4.78 is 4.87. The van der Waals surface area contributed by atoms with Crippen LogP contribution in [-0.4, -0.2) is 24.6 Å². The van der Waals surface area contributed by atoms with E-state index in [1.165, 1.54) is 0 Å². The summed E-state index contributed by atoms with van der Waals surface area (Å²) in [4.78, 5) is 16.6. The number of ether oxygens (including phenoxy) is 1. The van der Waals surface area contributed by atoms with Crippen molar-refractivity contribution in [1.29, 1.82) is 0 Å². The zero-order valence-corrected chi connectivity index (χ0v) is 10.1. The van der Waals surface area contributed by atoms with E-state index in [0.29, 0.717) is 19.4 Å². The van der Waals surface area contributed by atoms with Gasteiger partial charge in [0.15, 0.2) is 5.13 Å². The van der Waals surface area contributed by atoms with E-state index in [9.17, 15) is 4.79 Å². The van der Waals surface area contributed by atoms with E-state index < -0.39 is 0 Å². The molecule has 1 N–H and O–H groups in total. The van der Waals surface area contributed by atoms with Gasteiger partial charge in [-0.3, -0.25) is 4.79 Å². The summed E-state index contributed by atoms with van der Waals surface area (Å²) in [7, 11) is 1.84. The van der Waals surface area contributed by atoms with Gasteiger partial charge in [0.25, 0.3) is 0 Å². The molecule has 1 rings (SSSR count). The Bertz CT molecular complexity index is 336. The van der Waals surface area contributed by atoms with Crippen molar-refractivity contribution in [1.82, 2.24) is 4.98 Å². The Labute approximate surface area is 93.7 Å². The van der Waals surface area contributed by atoms with E-state index in [-0.39, 0.29) is 5.97 Å². The van der Waals surface area contributed by atoms with Crippen LogP contribution in [0.4, 0.5) is 5.13 Å². The largest absolute Gasteiger partial charge is 0.466 e. The summed E-state index contributed by atoms with van der Waals surface area (Å²) in [6.07, 6.45) is 1.14. The monoisotopic (exact) mass is 228 g/mol. The maximum absolute atomic E-state index is 11.2. The Balaban J connectivity index is 2.49. The van der Waals surface area contributed by atoms with Crippen LogP contribution in [0.25, 0.3) is 0 Å². The second-order valence-corrected chi connectivity index (χ2v) is 4.17. The minimum absolute atomic E-state index is 0.142. The molecule has 0 bridgehead atoms. The molecular weight excluding hydrogens is 212 g/mol. The number of esters is 1. The molecule has 1 aromatic rings. The molecular formula is C10H16N2O2S. The van der Waals surface area contributed by atoms with Crippen LogP contribution in [0, 0.1) is 6.92 Å². The van der Waals surface area contributed by atoms with Gasteiger partial charge >= 0.3 is 5.97 Å². The molecule has 15 heavy (non-hydrogen) atoms. The van der Waals surface area contributed by atoms with Crippen molar-refractivity contribution in [3.63, 3.8) is 0 Å². The van der Waals surface area contributed by atoms with E-state index in [2.05, 4.69) is 10.3 Å². The maximum Gasteiger partial charge on any atom is 0.306 e. The highest BCUT2D eigenvalue weighted by Gasteiger charge is 2.09. The van der Waals surface area contributed by atoms with Gasteiger partial charge in [-0.15, -0.1) is 11.3 Å². The van der Waals surface area contributed by atoms with Crippen LogP contribution < -0.4 is 5.32 Å². The lowest BCUT2D eigenvalue weighted by atomic mass is 10.2. The minimum atomic E-state index is -0.142. The second-order valence-electron chi connectivity index (χ2n) is 3.08. The summed E-state index contributed by atoms with van der Waals surface area (Å²) in [5, 5.41) is 3.89. The SMILES string of the molecule is CCOC(=O)CCc1sc(NC)nc1C. The van der Waals surface area contributed by atoms with Crippen molar-refractivity contribution in [2.45, 2.75) is 26.7 Å². The first-order valence-electron chi connectivity index (χ1n) is 4.97. The average Bonchev–Trinajstić information content (AvgIpc) is 2.57. The molecule has 0 saturated heterocycles. The number of carbonyl (C=O) groups is 1. The molecule has 4 nitrogen and oxygen atoms in total. The Morgan fingerprint density at radius 3 is 2.87 bits per heavy atom. The van der Waals surface area contributed by atoms with Gasteiger partial charge in [0.2, 0.25) is 0 Å². The van der Waals surface area contributed by atoms with Crippen LogP contribution in [0.3, 0.4) is 0 Å². The van der Waals surface area contributed by atoms with E-state index in [1.54, 1.807) is 11.3 Å². The maximum atomic E-state index is 11.2. The zero-order chi connectivity index (χ0) is 11.3. The fourth-order valence-electron chi connectivity index (χ4n) is 1.22. The van der Waals surface area contributed by atoms with Crippen molar-refractivity contribution < 1.29 is 9.53 Å². The first kappa shape index (κ1) is 12.0. The molecule has 0 aliphatic carbocycles. The third-order valence-corrected chi connectivity index (χ3v) is 3.20. The molecule has 0 atom stereocenters. The highest BCUT2D eigenvalue weighted by Crippen LogP contribution is 2.23. The predicted octanol–water partition coefficient (Wildman–Crippen LogP) is 1.99. The number of hydrogen-bond donors (Lipinski definition) is 1. The van der Waals surface area contributed by atoms with Crippen molar-refractivity contribution in [2.24, 2.45) is 0 Å². The van der Waals surface area contributed by atoms with Crippen LogP contribution in [-0.2, 0) is 16.0 Å². The molecule has 84 valence electrons. The second kappa shape index (κ2) is 5.70. The number of thiazole rings is 1. The fraction of sp³-hybridized carbons (Fsp3) is 0.600. The molecule has 0 amide bonds. The number of nitrogens with zero attached hydrogens (tertiary/aromatic N) is 1. The molecule has 0 spiro atoms. The minimum Gasteiger partial charge on any atom is -0.466 e. The highest BCUT2D eigenvalue weighted by atomic mass is 32.1. The van der Waals surface area contributed by atoms with Crippen molar-refractivity contribution >= 4 is 22.4 Å². The van der Waals surface area contributed by atoms with Gasteiger partial charge in [0.1, 0.15) is 0 Å².